The van der Waals surface area contributed by atoms with E-state index in [1.807, 2.05) is 66.7 Å². The second kappa shape index (κ2) is 9.24. The molecule has 0 bridgehead atoms. The van der Waals surface area contributed by atoms with Crippen molar-refractivity contribution in [2.24, 2.45) is 0 Å². The number of hydrogen-bond donors (Lipinski definition) is 1. The highest BCUT2D eigenvalue weighted by atomic mass is 127. The topological polar surface area (TPSA) is 49.4 Å². The highest BCUT2D eigenvalue weighted by molar-refractivity contribution is 14.1. The zero-order valence-electron chi connectivity index (χ0n) is 15.6. The Balaban J connectivity index is 1.67. The number of anilines is 1. The van der Waals surface area contributed by atoms with Crippen LogP contribution >= 0.6 is 46.0 Å². The summed E-state index contributed by atoms with van der Waals surface area (Å²) >= 11 is 9.46. The number of thioether (sulfide) groups is 1. The van der Waals surface area contributed by atoms with Gasteiger partial charge in [-0.3, -0.25) is 14.5 Å². The maximum atomic E-state index is 13.2. The lowest BCUT2D eigenvalue weighted by atomic mass is 10.2. The van der Waals surface area contributed by atoms with Crippen LogP contribution in [0.25, 0.3) is 0 Å². The van der Waals surface area contributed by atoms with E-state index in [1.165, 1.54) is 16.7 Å². The number of nitrogens with zero attached hydrogens (tertiary/aromatic N) is 1. The SMILES string of the molecule is O=C1C(Nc2ccc(I)cc2)=C(Sc2ccc(Cl)cc2)C(=O)N1Cc1ccccc1. The number of hydrogen-bond acceptors (Lipinski definition) is 4. The number of halogens is 2. The molecule has 1 aliphatic heterocycles. The number of rotatable bonds is 6. The summed E-state index contributed by atoms with van der Waals surface area (Å²) in [5.41, 5.74) is 1.94. The molecule has 150 valence electrons. The Bertz CT molecular complexity index is 1050. The lowest BCUT2D eigenvalue weighted by Gasteiger charge is -2.15. The third kappa shape index (κ3) is 4.71. The molecule has 1 heterocycles. The number of imide groups is 1. The van der Waals surface area contributed by atoms with E-state index < -0.39 is 0 Å². The summed E-state index contributed by atoms with van der Waals surface area (Å²) in [4.78, 5) is 28.9. The Hall–Kier alpha value is -2.29. The third-order valence-electron chi connectivity index (χ3n) is 4.46. The van der Waals surface area contributed by atoms with Crippen LogP contribution in [0.15, 0.2) is 94.4 Å². The quantitative estimate of drug-likeness (QED) is 0.308. The minimum Gasteiger partial charge on any atom is -0.350 e. The van der Waals surface area contributed by atoms with E-state index in [9.17, 15) is 9.59 Å². The Kier molecular flexibility index (Phi) is 6.46. The van der Waals surface area contributed by atoms with Crippen molar-refractivity contribution in [3.8, 4) is 0 Å². The molecule has 0 atom stereocenters. The van der Waals surface area contributed by atoms with Crippen LogP contribution in [0.3, 0.4) is 0 Å². The van der Waals surface area contributed by atoms with Crippen LogP contribution in [-0.4, -0.2) is 16.7 Å². The molecule has 7 heteroatoms. The van der Waals surface area contributed by atoms with Crippen molar-refractivity contribution >= 4 is 63.5 Å². The van der Waals surface area contributed by atoms with E-state index in [0.29, 0.717) is 9.93 Å². The van der Waals surface area contributed by atoms with Crippen LogP contribution in [0.2, 0.25) is 5.02 Å². The first-order chi connectivity index (χ1) is 14.5. The summed E-state index contributed by atoms with van der Waals surface area (Å²) in [6.45, 7) is 0.223. The van der Waals surface area contributed by atoms with Crippen LogP contribution in [0.4, 0.5) is 5.69 Å². The Labute approximate surface area is 197 Å². The monoisotopic (exact) mass is 546 g/mol. The van der Waals surface area contributed by atoms with Crippen molar-refractivity contribution < 1.29 is 9.59 Å². The van der Waals surface area contributed by atoms with Crippen LogP contribution in [0.1, 0.15) is 5.56 Å². The molecule has 0 fully saturated rings. The summed E-state index contributed by atoms with van der Waals surface area (Å²) in [7, 11) is 0. The van der Waals surface area contributed by atoms with Crippen molar-refractivity contribution in [3.05, 3.63) is 104 Å². The molecule has 2 amide bonds. The van der Waals surface area contributed by atoms with Crippen molar-refractivity contribution in [3.63, 3.8) is 0 Å². The summed E-state index contributed by atoms with van der Waals surface area (Å²) in [5, 5.41) is 3.78. The van der Waals surface area contributed by atoms with E-state index in [1.54, 1.807) is 12.1 Å². The minimum absolute atomic E-state index is 0.223. The maximum Gasteiger partial charge on any atom is 0.278 e. The van der Waals surface area contributed by atoms with Gasteiger partial charge in [-0.15, -0.1) is 0 Å². The van der Waals surface area contributed by atoms with Gasteiger partial charge in [-0.05, 0) is 76.7 Å². The fourth-order valence-corrected chi connectivity index (χ4v) is 4.40. The average Bonchev–Trinajstić information content (AvgIpc) is 2.96. The second-order valence-electron chi connectivity index (χ2n) is 6.57. The third-order valence-corrected chi connectivity index (χ3v) is 6.52. The van der Waals surface area contributed by atoms with Gasteiger partial charge in [-0.2, -0.15) is 0 Å². The Morgan fingerprint density at radius 3 is 2.20 bits per heavy atom. The molecule has 4 rings (SSSR count). The smallest absolute Gasteiger partial charge is 0.278 e. The number of carbonyl (C=O) groups excluding carboxylic acids is 2. The van der Waals surface area contributed by atoms with Crippen LogP contribution < -0.4 is 5.32 Å². The Morgan fingerprint density at radius 1 is 0.867 bits per heavy atom. The van der Waals surface area contributed by atoms with Gasteiger partial charge in [-0.25, -0.2) is 0 Å². The van der Waals surface area contributed by atoms with Crippen molar-refractivity contribution in [2.75, 3.05) is 5.32 Å². The molecule has 0 radical (unpaired) electrons. The maximum absolute atomic E-state index is 13.2. The van der Waals surface area contributed by atoms with E-state index in [2.05, 4.69) is 27.9 Å². The van der Waals surface area contributed by atoms with Crippen molar-refractivity contribution in [1.29, 1.82) is 0 Å². The lowest BCUT2D eigenvalue weighted by molar-refractivity contribution is -0.137. The minimum atomic E-state index is -0.334. The molecule has 0 saturated heterocycles. The first-order valence-corrected chi connectivity index (χ1v) is 11.4. The molecule has 30 heavy (non-hydrogen) atoms. The van der Waals surface area contributed by atoms with Gasteiger partial charge in [0.25, 0.3) is 11.8 Å². The molecule has 0 aromatic heterocycles. The molecule has 1 N–H and O–H groups in total. The number of amides is 2. The van der Waals surface area contributed by atoms with Gasteiger partial charge in [0.2, 0.25) is 0 Å². The van der Waals surface area contributed by atoms with Gasteiger partial charge in [0.05, 0.1) is 6.54 Å². The van der Waals surface area contributed by atoms with Crippen molar-refractivity contribution in [1.82, 2.24) is 4.90 Å². The summed E-state index contributed by atoms with van der Waals surface area (Å²) in [5.74, 6) is -0.643. The largest absolute Gasteiger partial charge is 0.350 e. The summed E-state index contributed by atoms with van der Waals surface area (Å²) in [6, 6.07) is 24.3. The highest BCUT2D eigenvalue weighted by Crippen LogP contribution is 2.36. The molecule has 1 aliphatic rings. The molecule has 3 aromatic rings. The number of nitrogens with one attached hydrogen (secondary N) is 1. The normalized spacial score (nSPS) is 13.9. The fourth-order valence-electron chi connectivity index (χ4n) is 2.97. The van der Waals surface area contributed by atoms with Crippen LogP contribution in [0.5, 0.6) is 0 Å². The van der Waals surface area contributed by atoms with Crippen LogP contribution in [0, 0.1) is 3.57 Å². The standard InChI is InChI=1S/C23H16ClIN2O2S/c24-16-6-12-19(13-7-16)30-21-20(26-18-10-8-17(25)9-11-18)22(28)27(23(21)29)14-15-4-2-1-3-5-15/h1-13,26H,14H2. The van der Waals surface area contributed by atoms with Gasteiger partial charge >= 0.3 is 0 Å². The predicted molar refractivity (Wildman–Crippen MR) is 129 cm³/mol. The average molecular weight is 547 g/mol. The molecule has 3 aromatic carbocycles. The van der Waals surface area contributed by atoms with Crippen molar-refractivity contribution in [2.45, 2.75) is 11.4 Å². The highest BCUT2D eigenvalue weighted by Gasteiger charge is 2.39. The molecular formula is C23H16ClIN2O2S. The van der Waals surface area contributed by atoms with Gasteiger partial charge < -0.3 is 5.32 Å². The fraction of sp³-hybridized carbons (Fsp3) is 0.0435. The number of benzene rings is 3. The zero-order chi connectivity index (χ0) is 21.1. The van der Waals surface area contributed by atoms with E-state index >= 15 is 0 Å². The molecule has 0 unspecified atom stereocenters. The summed E-state index contributed by atoms with van der Waals surface area (Å²) in [6.07, 6.45) is 0. The predicted octanol–water partition coefficient (Wildman–Crippen LogP) is 5.93. The molecule has 4 nitrogen and oxygen atoms in total. The first kappa shape index (κ1) is 21.0. The van der Waals surface area contributed by atoms with Gasteiger partial charge in [0.1, 0.15) is 10.6 Å². The second-order valence-corrected chi connectivity index (χ2v) is 9.34. The van der Waals surface area contributed by atoms with Gasteiger partial charge in [0, 0.05) is 19.2 Å². The molecule has 0 aliphatic carbocycles. The van der Waals surface area contributed by atoms with E-state index in [4.69, 9.17) is 11.6 Å². The van der Waals surface area contributed by atoms with Gasteiger partial charge in [0.15, 0.2) is 0 Å². The molecule has 0 spiro atoms. The Morgan fingerprint density at radius 2 is 1.53 bits per heavy atom. The van der Waals surface area contributed by atoms with E-state index in [-0.39, 0.29) is 24.1 Å². The molecule has 0 saturated carbocycles. The lowest BCUT2D eigenvalue weighted by Crippen LogP contribution is -2.31. The molecular weight excluding hydrogens is 531 g/mol. The van der Waals surface area contributed by atoms with Crippen LogP contribution in [-0.2, 0) is 16.1 Å². The summed E-state index contributed by atoms with van der Waals surface area (Å²) < 4.78 is 1.09. The number of carbonyl (C=O) groups is 2. The zero-order valence-corrected chi connectivity index (χ0v) is 19.4. The van der Waals surface area contributed by atoms with Gasteiger partial charge in [-0.1, -0.05) is 53.7 Å². The van der Waals surface area contributed by atoms with E-state index in [0.717, 1.165) is 19.7 Å². The first-order valence-electron chi connectivity index (χ1n) is 9.11.